The van der Waals surface area contributed by atoms with Gasteiger partial charge in [-0.25, -0.2) is 0 Å². The molecule has 0 saturated heterocycles. The maximum atomic E-state index is 3.69. The number of hydrogen-bond acceptors (Lipinski definition) is 2. The van der Waals surface area contributed by atoms with Crippen LogP contribution in [0.4, 0.5) is 0 Å². The minimum Gasteiger partial charge on any atom is -0.306 e. The van der Waals surface area contributed by atoms with Gasteiger partial charge in [-0.2, -0.15) is 0 Å². The minimum absolute atomic E-state index is 0.328. The van der Waals surface area contributed by atoms with E-state index in [9.17, 15) is 0 Å². The SMILES string of the molecule is CCNC(c1cc(C)c(C)s1)c1cc(CC)ccc1CC. The highest BCUT2D eigenvalue weighted by atomic mass is 32.1. The molecule has 2 aromatic rings. The minimum atomic E-state index is 0.328. The number of hydrogen-bond donors (Lipinski definition) is 1. The Balaban J connectivity index is 2.51. The van der Waals surface area contributed by atoms with Gasteiger partial charge in [0.1, 0.15) is 0 Å². The fourth-order valence-electron chi connectivity index (χ4n) is 2.77. The number of aryl methyl sites for hydroxylation is 4. The molecule has 1 atom stereocenters. The molecule has 2 heteroatoms. The number of nitrogens with one attached hydrogen (secondary N) is 1. The summed E-state index contributed by atoms with van der Waals surface area (Å²) >= 11 is 1.93. The molecule has 1 nitrogen and oxygen atoms in total. The van der Waals surface area contributed by atoms with Crippen molar-refractivity contribution in [2.75, 3.05) is 6.54 Å². The molecule has 0 aliphatic carbocycles. The molecule has 0 amide bonds. The Morgan fingerprint density at radius 2 is 1.81 bits per heavy atom. The first-order chi connectivity index (χ1) is 10.1. The molecule has 114 valence electrons. The van der Waals surface area contributed by atoms with Crippen LogP contribution >= 0.6 is 11.3 Å². The van der Waals surface area contributed by atoms with Crippen molar-refractivity contribution in [2.24, 2.45) is 0 Å². The Kier molecular flexibility index (Phi) is 5.60. The largest absolute Gasteiger partial charge is 0.306 e. The average molecular weight is 301 g/mol. The first kappa shape index (κ1) is 16.3. The second-order valence-electron chi connectivity index (χ2n) is 5.62. The molecule has 21 heavy (non-hydrogen) atoms. The van der Waals surface area contributed by atoms with Gasteiger partial charge in [0.25, 0.3) is 0 Å². The zero-order chi connectivity index (χ0) is 15.4. The highest BCUT2D eigenvalue weighted by molar-refractivity contribution is 7.12. The van der Waals surface area contributed by atoms with Crippen LogP contribution in [0.1, 0.15) is 58.8 Å². The highest BCUT2D eigenvalue weighted by Gasteiger charge is 2.19. The fraction of sp³-hybridized carbons (Fsp3) is 0.474. The Morgan fingerprint density at radius 3 is 2.33 bits per heavy atom. The van der Waals surface area contributed by atoms with Gasteiger partial charge in [0, 0.05) is 9.75 Å². The molecule has 1 aromatic heterocycles. The van der Waals surface area contributed by atoms with E-state index in [2.05, 4.69) is 64.2 Å². The Morgan fingerprint density at radius 1 is 1.05 bits per heavy atom. The second-order valence-corrected chi connectivity index (χ2v) is 6.91. The van der Waals surface area contributed by atoms with Crippen LogP contribution in [0.5, 0.6) is 0 Å². The van der Waals surface area contributed by atoms with Crippen LogP contribution in [0.2, 0.25) is 0 Å². The number of rotatable bonds is 6. The van der Waals surface area contributed by atoms with Crippen molar-refractivity contribution < 1.29 is 0 Å². The topological polar surface area (TPSA) is 12.0 Å². The molecule has 1 unspecified atom stereocenters. The summed E-state index contributed by atoms with van der Waals surface area (Å²) in [5.41, 5.74) is 5.75. The van der Waals surface area contributed by atoms with Crippen molar-refractivity contribution in [3.8, 4) is 0 Å². The lowest BCUT2D eigenvalue weighted by Crippen LogP contribution is -2.22. The van der Waals surface area contributed by atoms with Crippen LogP contribution < -0.4 is 5.32 Å². The van der Waals surface area contributed by atoms with E-state index < -0.39 is 0 Å². The third-order valence-electron chi connectivity index (χ3n) is 4.19. The summed E-state index contributed by atoms with van der Waals surface area (Å²) in [6.07, 6.45) is 2.18. The summed E-state index contributed by atoms with van der Waals surface area (Å²) in [5.74, 6) is 0. The van der Waals surface area contributed by atoms with E-state index in [4.69, 9.17) is 0 Å². The third kappa shape index (κ3) is 3.56. The number of thiophene rings is 1. The van der Waals surface area contributed by atoms with Crippen molar-refractivity contribution in [1.82, 2.24) is 5.32 Å². The maximum absolute atomic E-state index is 3.69. The normalized spacial score (nSPS) is 12.6. The van der Waals surface area contributed by atoms with Gasteiger partial charge in [-0.1, -0.05) is 39.0 Å². The van der Waals surface area contributed by atoms with Gasteiger partial charge in [0.15, 0.2) is 0 Å². The Bertz CT molecular complexity index is 578. The highest BCUT2D eigenvalue weighted by Crippen LogP contribution is 2.33. The molecule has 0 fully saturated rings. The zero-order valence-electron chi connectivity index (χ0n) is 13.9. The quantitative estimate of drug-likeness (QED) is 0.774. The van der Waals surface area contributed by atoms with Crippen LogP contribution in [0, 0.1) is 13.8 Å². The van der Waals surface area contributed by atoms with Gasteiger partial charge in [-0.15, -0.1) is 11.3 Å². The van der Waals surface area contributed by atoms with Crippen molar-refractivity contribution in [3.05, 3.63) is 56.3 Å². The lowest BCUT2D eigenvalue weighted by molar-refractivity contribution is 0.633. The van der Waals surface area contributed by atoms with E-state index in [1.165, 1.54) is 32.0 Å². The van der Waals surface area contributed by atoms with Gasteiger partial charge in [0.05, 0.1) is 6.04 Å². The van der Waals surface area contributed by atoms with Crippen LogP contribution in [0.15, 0.2) is 24.3 Å². The van der Waals surface area contributed by atoms with Crippen LogP contribution in [0.3, 0.4) is 0 Å². The second kappa shape index (κ2) is 7.24. The number of benzene rings is 1. The molecule has 0 bridgehead atoms. The molecule has 0 aliphatic rings. The van der Waals surface area contributed by atoms with Gasteiger partial charge in [-0.05, 0) is 61.6 Å². The van der Waals surface area contributed by atoms with E-state index >= 15 is 0 Å². The van der Waals surface area contributed by atoms with E-state index in [1.54, 1.807) is 0 Å². The average Bonchev–Trinajstić information content (AvgIpc) is 2.83. The molecule has 0 radical (unpaired) electrons. The van der Waals surface area contributed by atoms with E-state index in [0.717, 1.165) is 19.4 Å². The van der Waals surface area contributed by atoms with Gasteiger partial charge in [-0.3, -0.25) is 0 Å². The summed E-state index contributed by atoms with van der Waals surface area (Å²) in [5, 5.41) is 3.69. The van der Waals surface area contributed by atoms with Gasteiger partial charge < -0.3 is 5.32 Å². The molecule has 1 heterocycles. The van der Waals surface area contributed by atoms with E-state index in [-0.39, 0.29) is 0 Å². The fourth-order valence-corrected chi connectivity index (χ4v) is 3.90. The molecular formula is C19H27NS. The molecule has 1 aromatic carbocycles. The van der Waals surface area contributed by atoms with Crippen LogP contribution in [-0.2, 0) is 12.8 Å². The van der Waals surface area contributed by atoms with Crippen molar-refractivity contribution in [2.45, 2.75) is 53.5 Å². The van der Waals surface area contributed by atoms with Crippen molar-refractivity contribution >= 4 is 11.3 Å². The summed E-state index contributed by atoms with van der Waals surface area (Å²) < 4.78 is 0. The summed E-state index contributed by atoms with van der Waals surface area (Å²) in [6.45, 7) is 12.1. The smallest absolute Gasteiger partial charge is 0.0673 e. The lowest BCUT2D eigenvalue weighted by Gasteiger charge is -2.21. The summed E-state index contributed by atoms with van der Waals surface area (Å²) in [4.78, 5) is 2.87. The van der Waals surface area contributed by atoms with Gasteiger partial charge in [0.2, 0.25) is 0 Å². The van der Waals surface area contributed by atoms with Crippen LogP contribution in [-0.4, -0.2) is 6.54 Å². The molecule has 2 rings (SSSR count). The predicted molar refractivity (Wildman–Crippen MR) is 94.5 cm³/mol. The standard InChI is InChI=1S/C19H27NS/c1-6-15-9-10-16(7-2)17(12-15)19(20-8-3)18-11-13(4)14(5)21-18/h9-12,19-20H,6-8H2,1-5H3. The molecular weight excluding hydrogens is 274 g/mol. The molecule has 0 spiro atoms. The first-order valence-electron chi connectivity index (χ1n) is 8.02. The van der Waals surface area contributed by atoms with E-state index in [1.807, 2.05) is 11.3 Å². The monoisotopic (exact) mass is 301 g/mol. The molecule has 0 aliphatic heterocycles. The Labute approximate surface area is 133 Å². The zero-order valence-corrected chi connectivity index (χ0v) is 14.7. The first-order valence-corrected chi connectivity index (χ1v) is 8.84. The van der Waals surface area contributed by atoms with E-state index in [0.29, 0.717) is 6.04 Å². The van der Waals surface area contributed by atoms with Crippen LogP contribution in [0.25, 0.3) is 0 Å². The summed E-state index contributed by atoms with van der Waals surface area (Å²) in [6, 6.07) is 9.66. The molecule has 1 N–H and O–H groups in total. The molecule has 0 saturated carbocycles. The summed E-state index contributed by atoms with van der Waals surface area (Å²) in [7, 11) is 0. The maximum Gasteiger partial charge on any atom is 0.0673 e. The Hall–Kier alpha value is -1.12. The predicted octanol–water partition coefficient (Wildman–Crippen LogP) is 5.19. The lowest BCUT2D eigenvalue weighted by atomic mass is 9.94. The van der Waals surface area contributed by atoms with Gasteiger partial charge >= 0.3 is 0 Å². The van der Waals surface area contributed by atoms with Crippen molar-refractivity contribution in [1.29, 1.82) is 0 Å². The van der Waals surface area contributed by atoms with Crippen molar-refractivity contribution in [3.63, 3.8) is 0 Å². The third-order valence-corrected chi connectivity index (χ3v) is 5.41.